The van der Waals surface area contributed by atoms with Crippen LogP contribution in [0, 0.1) is 0 Å². The molecule has 16 heteroatoms. The lowest BCUT2D eigenvalue weighted by Gasteiger charge is -2.24. The Balaban J connectivity index is 5.57. The molecule has 10 N–H and O–H groups in total. The minimum atomic E-state index is -1.74. The van der Waals surface area contributed by atoms with Crippen molar-refractivity contribution in [2.75, 3.05) is 12.0 Å². The van der Waals surface area contributed by atoms with E-state index in [4.69, 9.17) is 21.7 Å². The van der Waals surface area contributed by atoms with Crippen LogP contribution in [-0.4, -0.2) is 93.0 Å². The molecule has 0 aliphatic heterocycles. The zero-order valence-electron chi connectivity index (χ0n) is 18.3. The van der Waals surface area contributed by atoms with E-state index in [-0.39, 0.29) is 6.42 Å². The number of carbonyl (C=O) groups excluding carboxylic acids is 4. The van der Waals surface area contributed by atoms with E-state index in [2.05, 4.69) is 10.6 Å². The van der Waals surface area contributed by atoms with Gasteiger partial charge in [0.2, 0.25) is 23.6 Å². The van der Waals surface area contributed by atoms with Crippen LogP contribution >= 0.6 is 11.8 Å². The summed E-state index contributed by atoms with van der Waals surface area (Å²) in [5.41, 5.74) is 10.4. The average Bonchev–Trinajstić information content (AvgIpc) is 2.71. The first-order valence-corrected chi connectivity index (χ1v) is 11.3. The predicted octanol–water partition coefficient (Wildman–Crippen LogP) is -3.18. The topological polar surface area (TPSA) is 268 Å². The van der Waals surface area contributed by atoms with Gasteiger partial charge in [-0.05, 0) is 24.9 Å². The van der Waals surface area contributed by atoms with Crippen LogP contribution in [0.4, 0.5) is 0 Å². The molecule has 0 aliphatic carbocycles. The zero-order chi connectivity index (χ0) is 26.4. The first-order chi connectivity index (χ1) is 15.8. The van der Waals surface area contributed by atoms with Crippen molar-refractivity contribution in [3.05, 3.63) is 0 Å². The molecular formula is C18H29N5O10S. The number of carboxylic acid groups (broad SMARTS) is 3. The van der Waals surface area contributed by atoms with Crippen LogP contribution in [-0.2, 0) is 33.6 Å². The molecule has 0 bridgehead atoms. The van der Waals surface area contributed by atoms with E-state index in [0.717, 1.165) is 0 Å². The van der Waals surface area contributed by atoms with E-state index < -0.39 is 91.4 Å². The lowest BCUT2D eigenvalue weighted by molar-refractivity contribution is -0.143. The van der Waals surface area contributed by atoms with Crippen LogP contribution in [0.15, 0.2) is 0 Å². The van der Waals surface area contributed by atoms with Crippen molar-refractivity contribution < 1.29 is 48.9 Å². The average molecular weight is 508 g/mol. The maximum Gasteiger partial charge on any atom is 0.326 e. The fraction of sp³-hybridized carbons (Fsp3) is 0.611. The van der Waals surface area contributed by atoms with Crippen molar-refractivity contribution in [1.82, 2.24) is 16.0 Å². The van der Waals surface area contributed by atoms with Gasteiger partial charge in [0.15, 0.2) is 0 Å². The first-order valence-electron chi connectivity index (χ1n) is 9.88. The molecule has 4 amide bonds. The van der Waals surface area contributed by atoms with E-state index in [9.17, 15) is 38.7 Å². The van der Waals surface area contributed by atoms with Gasteiger partial charge in [0.1, 0.15) is 18.1 Å². The van der Waals surface area contributed by atoms with E-state index in [1.807, 2.05) is 5.32 Å². The number of hydrogen-bond acceptors (Lipinski definition) is 9. The molecule has 0 aromatic rings. The Bertz CT molecular complexity index is 793. The second kappa shape index (κ2) is 15.4. The number of aliphatic carboxylic acids is 3. The normalized spacial score (nSPS) is 14.1. The predicted molar refractivity (Wildman–Crippen MR) is 117 cm³/mol. The molecule has 0 heterocycles. The van der Waals surface area contributed by atoms with Crippen molar-refractivity contribution in [1.29, 1.82) is 0 Å². The zero-order valence-corrected chi connectivity index (χ0v) is 19.1. The van der Waals surface area contributed by atoms with Crippen LogP contribution in [0.25, 0.3) is 0 Å². The van der Waals surface area contributed by atoms with Crippen LogP contribution in [0.1, 0.15) is 32.1 Å². The van der Waals surface area contributed by atoms with Gasteiger partial charge in [0.25, 0.3) is 0 Å². The molecule has 0 radical (unpaired) electrons. The largest absolute Gasteiger partial charge is 0.481 e. The van der Waals surface area contributed by atoms with Gasteiger partial charge in [-0.15, -0.1) is 0 Å². The minimum absolute atomic E-state index is 0.0529. The molecule has 0 rings (SSSR count). The molecule has 0 saturated heterocycles. The third-order valence-electron chi connectivity index (χ3n) is 4.27. The standard InChI is InChI=1S/C18H29N5O10S/c1-34-5-4-10(18(32)33)22-16(30)9(2-3-13(25)26)21-17(31)11(7-14(27)28)23-15(29)8(19)6-12(20)24/h8-11H,2-7,19H2,1H3,(H2,20,24)(H,21,31)(H,22,30)(H,23,29)(H,25,26)(H,27,28)(H,32,33). The first kappa shape index (κ1) is 30.6. The quantitative estimate of drug-likeness (QED) is 0.0968. The van der Waals surface area contributed by atoms with Gasteiger partial charge in [-0.2, -0.15) is 11.8 Å². The molecule has 192 valence electrons. The lowest BCUT2D eigenvalue weighted by atomic mass is 10.1. The van der Waals surface area contributed by atoms with Gasteiger partial charge in [0.05, 0.1) is 18.9 Å². The maximum absolute atomic E-state index is 12.6. The monoisotopic (exact) mass is 507 g/mol. The van der Waals surface area contributed by atoms with Gasteiger partial charge in [-0.3, -0.25) is 28.8 Å². The molecule has 0 aromatic carbocycles. The van der Waals surface area contributed by atoms with E-state index in [1.165, 1.54) is 11.8 Å². The highest BCUT2D eigenvalue weighted by atomic mass is 32.2. The molecule has 4 unspecified atom stereocenters. The van der Waals surface area contributed by atoms with Gasteiger partial charge in [-0.1, -0.05) is 0 Å². The number of rotatable bonds is 17. The van der Waals surface area contributed by atoms with E-state index in [0.29, 0.717) is 5.75 Å². The molecule has 4 atom stereocenters. The van der Waals surface area contributed by atoms with Crippen molar-refractivity contribution in [2.24, 2.45) is 11.5 Å². The summed E-state index contributed by atoms with van der Waals surface area (Å²) in [6.07, 6.45) is -0.764. The molecular weight excluding hydrogens is 478 g/mol. The van der Waals surface area contributed by atoms with Crippen molar-refractivity contribution in [3.63, 3.8) is 0 Å². The van der Waals surface area contributed by atoms with E-state index in [1.54, 1.807) is 6.26 Å². The Hall–Kier alpha value is -3.40. The molecule has 0 aliphatic rings. The fourth-order valence-corrected chi connectivity index (χ4v) is 3.02. The Labute approximate surface area is 198 Å². The molecule has 0 spiro atoms. The smallest absolute Gasteiger partial charge is 0.326 e. The molecule has 0 saturated carbocycles. The number of carboxylic acids is 3. The highest BCUT2D eigenvalue weighted by Gasteiger charge is 2.31. The summed E-state index contributed by atoms with van der Waals surface area (Å²) in [6.45, 7) is 0. The highest BCUT2D eigenvalue weighted by Crippen LogP contribution is 2.05. The van der Waals surface area contributed by atoms with Gasteiger partial charge < -0.3 is 42.7 Å². The summed E-state index contributed by atoms with van der Waals surface area (Å²) in [5, 5.41) is 33.6. The second-order valence-electron chi connectivity index (χ2n) is 7.11. The van der Waals surface area contributed by atoms with Crippen LogP contribution in [0.5, 0.6) is 0 Å². The molecule has 0 fully saturated rings. The number of nitrogens with one attached hydrogen (secondary N) is 3. The Morgan fingerprint density at radius 3 is 1.76 bits per heavy atom. The number of hydrogen-bond donors (Lipinski definition) is 8. The van der Waals surface area contributed by atoms with Crippen molar-refractivity contribution >= 4 is 53.3 Å². The van der Waals surface area contributed by atoms with Gasteiger partial charge in [-0.25, -0.2) is 4.79 Å². The third-order valence-corrected chi connectivity index (χ3v) is 4.92. The summed E-state index contributed by atoms with van der Waals surface area (Å²) in [6, 6.07) is -6.08. The summed E-state index contributed by atoms with van der Waals surface area (Å²) in [5.74, 6) is -7.91. The fourth-order valence-electron chi connectivity index (χ4n) is 2.55. The summed E-state index contributed by atoms with van der Waals surface area (Å²) in [7, 11) is 0. The maximum atomic E-state index is 12.6. The minimum Gasteiger partial charge on any atom is -0.481 e. The van der Waals surface area contributed by atoms with Gasteiger partial charge in [0, 0.05) is 6.42 Å². The van der Waals surface area contributed by atoms with Gasteiger partial charge >= 0.3 is 17.9 Å². The summed E-state index contributed by atoms with van der Waals surface area (Å²) < 4.78 is 0. The van der Waals surface area contributed by atoms with Crippen molar-refractivity contribution in [3.8, 4) is 0 Å². The van der Waals surface area contributed by atoms with Crippen LogP contribution in [0.3, 0.4) is 0 Å². The Kier molecular flexibility index (Phi) is 13.9. The van der Waals surface area contributed by atoms with E-state index >= 15 is 0 Å². The summed E-state index contributed by atoms with van der Waals surface area (Å²) >= 11 is 1.33. The van der Waals surface area contributed by atoms with Crippen LogP contribution in [0.2, 0.25) is 0 Å². The Morgan fingerprint density at radius 1 is 0.765 bits per heavy atom. The number of carbonyl (C=O) groups is 7. The Morgan fingerprint density at radius 2 is 1.29 bits per heavy atom. The molecule has 0 aromatic heterocycles. The number of nitrogens with two attached hydrogens (primary N) is 2. The highest BCUT2D eigenvalue weighted by molar-refractivity contribution is 7.98. The molecule has 34 heavy (non-hydrogen) atoms. The number of thioether (sulfide) groups is 1. The number of primary amides is 1. The lowest BCUT2D eigenvalue weighted by Crippen LogP contribution is -2.57. The number of amides is 4. The van der Waals surface area contributed by atoms with Crippen LogP contribution < -0.4 is 27.4 Å². The second-order valence-corrected chi connectivity index (χ2v) is 8.10. The van der Waals surface area contributed by atoms with Crippen molar-refractivity contribution in [2.45, 2.75) is 56.3 Å². The molecule has 15 nitrogen and oxygen atoms in total. The summed E-state index contributed by atoms with van der Waals surface area (Å²) in [4.78, 5) is 81.7. The third kappa shape index (κ3) is 12.6. The SMILES string of the molecule is CSCCC(NC(=O)C(CCC(=O)O)NC(=O)C(CC(=O)O)NC(=O)C(N)CC(N)=O)C(=O)O.